The number of nitrogens with zero attached hydrogens (tertiary/aromatic N) is 2. The Balaban J connectivity index is 1.26. The summed E-state index contributed by atoms with van der Waals surface area (Å²) in [7, 11) is 0. The lowest BCUT2D eigenvalue weighted by Crippen LogP contribution is -2.49. The number of hydrogen-bond donors (Lipinski definition) is 1. The number of carbonyl (C=O) groups is 1. The second kappa shape index (κ2) is 12.0. The zero-order chi connectivity index (χ0) is 25.6. The number of aliphatic hydroxyl groups is 1. The molecule has 3 aliphatic heterocycles. The molecule has 8 heteroatoms. The molecule has 1 fully saturated rings. The third-order valence-electron chi connectivity index (χ3n) is 7.31. The Labute approximate surface area is 218 Å². The van der Waals surface area contributed by atoms with E-state index in [0.717, 1.165) is 43.1 Å². The zero-order valence-electron chi connectivity index (χ0n) is 21.4. The third kappa shape index (κ3) is 5.92. The fraction of sp³-hybridized carbons (Fsp3) is 0.483. The number of piperazine rings is 1. The summed E-state index contributed by atoms with van der Waals surface area (Å²) in [5, 5.41) is 9.46. The van der Waals surface area contributed by atoms with Crippen LogP contribution < -0.4 is 9.47 Å². The molecular formula is C29H36N2O6. The summed E-state index contributed by atoms with van der Waals surface area (Å²) >= 11 is 0. The maximum Gasteiger partial charge on any atom is 0.288 e. The van der Waals surface area contributed by atoms with Gasteiger partial charge in [-0.25, -0.2) is 0 Å². The minimum atomic E-state index is -0.530. The molecule has 0 radical (unpaired) electrons. The predicted octanol–water partition coefficient (Wildman–Crippen LogP) is 3.51. The normalized spacial score (nSPS) is 23.5. The first-order valence-corrected chi connectivity index (χ1v) is 13.2. The first-order valence-electron chi connectivity index (χ1n) is 13.2. The Morgan fingerprint density at radius 1 is 1.05 bits per heavy atom. The van der Waals surface area contributed by atoms with Crippen molar-refractivity contribution < 1.29 is 28.8 Å². The van der Waals surface area contributed by atoms with Crippen molar-refractivity contribution in [1.82, 2.24) is 9.80 Å². The van der Waals surface area contributed by atoms with Crippen LogP contribution in [0.1, 0.15) is 36.8 Å². The Hall–Kier alpha value is -3.07. The molecule has 2 aromatic rings. The van der Waals surface area contributed by atoms with Crippen molar-refractivity contribution in [2.24, 2.45) is 5.92 Å². The van der Waals surface area contributed by atoms with Crippen LogP contribution in [0.25, 0.3) is 0 Å². The highest BCUT2D eigenvalue weighted by Gasteiger charge is 2.39. The molecule has 3 heterocycles. The average molecular weight is 509 g/mol. The first kappa shape index (κ1) is 25.6. The maximum atomic E-state index is 13.6. The van der Waals surface area contributed by atoms with Crippen LogP contribution in [-0.4, -0.2) is 73.3 Å². The van der Waals surface area contributed by atoms with Crippen LogP contribution in [0, 0.1) is 5.92 Å². The SMILES string of the molecule is CCO[C@@H]1OC(C(=O)N2CCN(Cc3ccc4c(c3)OCO4)CC2)=C[C@H](c2ccccc2)[C@@H]1CCCO. The van der Waals surface area contributed by atoms with Crippen molar-refractivity contribution in [2.45, 2.75) is 38.5 Å². The molecule has 8 nitrogen and oxygen atoms in total. The molecule has 0 spiro atoms. The summed E-state index contributed by atoms with van der Waals surface area (Å²) in [5.74, 6) is 1.85. The van der Waals surface area contributed by atoms with Crippen LogP contribution in [0.2, 0.25) is 0 Å². The molecule has 1 saturated heterocycles. The van der Waals surface area contributed by atoms with Crippen LogP contribution in [0.3, 0.4) is 0 Å². The topological polar surface area (TPSA) is 80.7 Å². The second-order valence-corrected chi connectivity index (χ2v) is 9.69. The molecule has 0 saturated carbocycles. The molecule has 0 bridgehead atoms. The predicted molar refractivity (Wildman–Crippen MR) is 138 cm³/mol. The fourth-order valence-electron chi connectivity index (χ4n) is 5.38. The molecule has 3 atom stereocenters. The maximum absolute atomic E-state index is 13.6. The number of amides is 1. The van der Waals surface area contributed by atoms with Crippen molar-refractivity contribution in [3.8, 4) is 11.5 Å². The first-order chi connectivity index (χ1) is 18.2. The van der Waals surface area contributed by atoms with E-state index in [-0.39, 0.29) is 31.1 Å². The Morgan fingerprint density at radius 2 is 1.84 bits per heavy atom. The summed E-state index contributed by atoms with van der Waals surface area (Å²) in [5.41, 5.74) is 2.29. The van der Waals surface area contributed by atoms with Gasteiger partial charge in [0.1, 0.15) is 0 Å². The molecule has 5 rings (SSSR count). The van der Waals surface area contributed by atoms with Crippen molar-refractivity contribution in [3.05, 3.63) is 71.5 Å². The van der Waals surface area contributed by atoms with E-state index in [1.54, 1.807) is 0 Å². The monoisotopic (exact) mass is 508 g/mol. The highest BCUT2D eigenvalue weighted by atomic mass is 16.7. The summed E-state index contributed by atoms with van der Waals surface area (Å²) < 4.78 is 23.1. The number of hydrogen-bond acceptors (Lipinski definition) is 7. The van der Waals surface area contributed by atoms with E-state index >= 15 is 0 Å². The van der Waals surface area contributed by atoms with Crippen molar-refractivity contribution in [2.75, 3.05) is 46.2 Å². The Kier molecular flexibility index (Phi) is 8.28. The molecule has 2 aromatic carbocycles. The van der Waals surface area contributed by atoms with Crippen molar-refractivity contribution in [3.63, 3.8) is 0 Å². The summed E-state index contributed by atoms with van der Waals surface area (Å²) in [6.45, 7) is 6.43. The van der Waals surface area contributed by atoms with Gasteiger partial charge in [0.15, 0.2) is 17.3 Å². The highest BCUT2D eigenvalue weighted by molar-refractivity contribution is 5.92. The van der Waals surface area contributed by atoms with Gasteiger partial charge in [0, 0.05) is 57.8 Å². The van der Waals surface area contributed by atoms with E-state index in [1.165, 1.54) is 5.56 Å². The Bertz CT molecular complexity index is 1080. The zero-order valence-corrected chi connectivity index (χ0v) is 21.4. The van der Waals surface area contributed by atoms with E-state index < -0.39 is 6.29 Å². The van der Waals surface area contributed by atoms with E-state index in [9.17, 15) is 9.90 Å². The lowest BCUT2D eigenvalue weighted by molar-refractivity contribution is -0.171. The minimum absolute atomic E-state index is 0.0181. The van der Waals surface area contributed by atoms with Gasteiger partial charge in [0.05, 0.1) is 0 Å². The van der Waals surface area contributed by atoms with Crippen LogP contribution >= 0.6 is 0 Å². The quantitative estimate of drug-likeness (QED) is 0.555. The van der Waals surface area contributed by atoms with Gasteiger partial charge >= 0.3 is 0 Å². The minimum Gasteiger partial charge on any atom is -0.459 e. The smallest absolute Gasteiger partial charge is 0.288 e. The highest BCUT2D eigenvalue weighted by Crippen LogP contribution is 2.40. The van der Waals surface area contributed by atoms with Gasteiger partial charge < -0.3 is 29.0 Å². The molecule has 1 N–H and O–H groups in total. The van der Waals surface area contributed by atoms with Crippen LogP contribution in [0.5, 0.6) is 11.5 Å². The largest absolute Gasteiger partial charge is 0.459 e. The molecule has 1 amide bonds. The molecule has 0 aromatic heterocycles. The number of ether oxygens (including phenoxy) is 4. The number of carbonyl (C=O) groups excluding carboxylic acids is 1. The number of aliphatic hydroxyl groups excluding tert-OH is 1. The van der Waals surface area contributed by atoms with E-state index in [1.807, 2.05) is 48.2 Å². The standard InChI is InChI=1S/C29H36N2O6/c1-2-34-29-23(9-6-16-32)24(22-7-4-3-5-8-22)18-27(37-29)28(33)31-14-12-30(13-15-31)19-21-10-11-25-26(17-21)36-20-35-25/h3-5,7-8,10-11,17-18,23-24,29,32H,2,6,9,12-16,19-20H2,1H3/t23-,24+,29+/m0/s1. The number of fused-ring (bicyclic) bond motifs is 1. The average Bonchev–Trinajstić information content (AvgIpc) is 3.41. The lowest BCUT2D eigenvalue weighted by Gasteiger charge is -2.39. The molecule has 0 unspecified atom stereocenters. The number of rotatable bonds is 9. The van der Waals surface area contributed by atoms with Gasteiger partial charge in [-0.3, -0.25) is 9.69 Å². The van der Waals surface area contributed by atoms with Gasteiger partial charge in [0.25, 0.3) is 5.91 Å². The van der Waals surface area contributed by atoms with Crippen LogP contribution in [-0.2, 0) is 20.8 Å². The van der Waals surface area contributed by atoms with E-state index in [2.05, 4.69) is 23.1 Å². The Morgan fingerprint density at radius 3 is 2.59 bits per heavy atom. The van der Waals surface area contributed by atoms with Gasteiger partial charge in [-0.2, -0.15) is 0 Å². The van der Waals surface area contributed by atoms with Gasteiger partial charge in [-0.15, -0.1) is 0 Å². The van der Waals surface area contributed by atoms with Gasteiger partial charge in [-0.1, -0.05) is 36.4 Å². The van der Waals surface area contributed by atoms with E-state index in [0.29, 0.717) is 31.9 Å². The lowest BCUT2D eigenvalue weighted by atomic mass is 9.80. The molecule has 37 heavy (non-hydrogen) atoms. The molecule has 3 aliphatic rings. The second-order valence-electron chi connectivity index (χ2n) is 9.69. The van der Waals surface area contributed by atoms with Crippen molar-refractivity contribution >= 4 is 5.91 Å². The molecule has 198 valence electrons. The fourth-order valence-corrected chi connectivity index (χ4v) is 5.38. The molecule has 0 aliphatic carbocycles. The third-order valence-corrected chi connectivity index (χ3v) is 7.31. The van der Waals surface area contributed by atoms with E-state index in [4.69, 9.17) is 18.9 Å². The summed E-state index contributed by atoms with van der Waals surface area (Å²) in [6.07, 6.45) is 2.84. The number of benzene rings is 2. The van der Waals surface area contributed by atoms with Crippen LogP contribution in [0.15, 0.2) is 60.4 Å². The van der Waals surface area contributed by atoms with Gasteiger partial charge in [0.2, 0.25) is 13.1 Å². The van der Waals surface area contributed by atoms with Crippen molar-refractivity contribution in [1.29, 1.82) is 0 Å². The number of allylic oxidation sites excluding steroid dienone is 1. The summed E-state index contributed by atoms with van der Waals surface area (Å²) in [6, 6.07) is 16.2. The van der Waals surface area contributed by atoms with Gasteiger partial charge in [-0.05, 0) is 49.1 Å². The molecular weight excluding hydrogens is 472 g/mol. The van der Waals surface area contributed by atoms with Crippen LogP contribution in [0.4, 0.5) is 0 Å². The summed E-state index contributed by atoms with van der Waals surface area (Å²) in [4.78, 5) is 17.8.